The van der Waals surface area contributed by atoms with Crippen molar-refractivity contribution in [1.29, 1.82) is 0 Å². The topological polar surface area (TPSA) is 94.6 Å². The standard InChI is InChI=1S/C28H28N4O4/c1-34-23-15-18-13-14-19(25(17-9-5-4-6-10-17)29-22(18)16-24(23)35-2)27(33)32-26-28(36-3)31-21-12-8-7-11-20(21)30-26/h4-12,15-16,19,25,29H,13-14H2,1-3H3,(H,30,32,33)/t19?,25-/m0/s1. The number of nitrogens with zero attached hydrogens (tertiary/aromatic N) is 2. The van der Waals surface area contributed by atoms with Gasteiger partial charge in [-0.2, -0.15) is 0 Å². The number of methoxy groups -OCH3 is 3. The van der Waals surface area contributed by atoms with Gasteiger partial charge in [0, 0.05) is 11.8 Å². The number of aromatic nitrogens is 2. The summed E-state index contributed by atoms with van der Waals surface area (Å²) in [5, 5.41) is 6.61. The fourth-order valence-electron chi connectivity index (χ4n) is 4.68. The summed E-state index contributed by atoms with van der Waals surface area (Å²) in [6.07, 6.45) is 1.30. The molecule has 0 saturated carbocycles. The van der Waals surface area contributed by atoms with E-state index in [9.17, 15) is 4.79 Å². The summed E-state index contributed by atoms with van der Waals surface area (Å²) in [5.74, 6) is 1.32. The molecule has 0 radical (unpaired) electrons. The Kier molecular flexibility index (Phi) is 6.58. The molecule has 4 aromatic rings. The lowest BCUT2D eigenvalue weighted by Gasteiger charge is -2.26. The molecule has 0 saturated heterocycles. The van der Waals surface area contributed by atoms with Crippen LogP contribution in [-0.4, -0.2) is 37.2 Å². The number of nitrogens with one attached hydrogen (secondary N) is 2. The van der Waals surface area contributed by atoms with E-state index in [1.54, 1.807) is 14.2 Å². The fourth-order valence-corrected chi connectivity index (χ4v) is 4.68. The molecule has 184 valence electrons. The SMILES string of the molecule is COc1cc2c(cc1OC)N[C@@H](c1ccccc1)C(C(=O)Nc1nc3ccccc3nc1OC)CC2. The molecule has 8 heteroatoms. The van der Waals surface area contributed by atoms with E-state index in [4.69, 9.17) is 14.2 Å². The van der Waals surface area contributed by atoms with E-state index in [0.29, 0.717) is 41.2 Å². The number of hydrogen-bond acceptors (Lipinski definition) is 7. The predicted octanol–water partition coefficient (Wildman–Crippen LogP) is 5.01. The molecule has 1 aliphatic heterocycles. The molecule has 0 spiro atoms. The van der Waals surface area contributed by atoms with Gasteiger partial charge in [-0.25, -0.2) is 9.97 Å². The summed E-state index contributed by atoms with van der Waals surface area (Å²) in [6.45, 7) is 0. The number of fused-ring (bicyclic) bond motifs is 2. The van der Waals surface area contributed by atoms with Crippen LogP contribution in [0.25, 0.3) is 11.0 Å². The van der Waals surface area contributed by atoms with E-state index in [1.165, 1.54) is 7.11 Å². The van der Waals surface area contributed by atoms with E-state index in [-0.39, 0.29) is 17.8 Å². The highest BCUT2D eigenvalue weighted by molar-refractivity contribution is 5.95. The number of carbonyl (C=O) groups is 1. The van der Waals surface area contributed by atoms with Crippen molar-refractivity contribution in [2.45, 2.75) is 18.9 Å². The molecule has 1 unspecified atom stereocenters. The molecule has 5 rings (SSSR count). The Morgan fingerprint density at radius 1 is 0.889 bits per heavy atom. The first kappa shape index (κ1) is 23.4. The second-order valence-corrected chi connectivity index (χ2v) is 8.60. The maximum absolute atomic E-state index is 13.8. The normalized spacial score (nSPS) is 16.9. The molecule has 0 bridgehead atoms. The van der Waals surface area contributed by atoms with Gasteiger partial charge in [0.2, 0.25) is 5.91 Å². The highest BCUT2D eigenvalue weighted by Crippen LogP contribution is 2.41. The Morgan fingerprint density at radius 2 is 1.56 bits per heavy atom. The molecule has 8 nitrogen and oxygen atoms in total. The summed E-state index contributed by atoms with van der Waals surface area (Å²) in [5.41, 5.74) is 4.37. The lowest BCUT2D eigenvalue weighted by atomic mass is 9.89. The maximum Gasteiger partial charge on any atom is 0.258 e. The average molecular weight is 485 g/mol. The van der Waals surface area contributed by atoms with Crippen molar-refractivity contribution in [3.8, 4) is 17.4 Å². The highest BCUT2D eigenvalue weighted by Gasteiger charge is 2.34. The Bertz CT molecular complexity index is 1390. The Balaban J connectivity index is 1.51. The monoisotopic (exact) mass is 484 g/mol. The number of para-hydroxylation sites is 2. The van der Waals surface area contributed by atoms with Gasteiger partial charge in [0.25, 0.3) is 5.88 Å². The smallest absolute Gasteiger partial charge is 0.258 e. The van der Waals surface area contributed by atoms with Crippen LogP contribution in [-0.2, 0) is 11.2 Å². The third-order valence-electron chi connectivity index (χ3n) is 6.52. The van der Waals surface area contributed by atoms with E-state index in [1.807, 2.05) is 66.7 Å². The van der Waals surface area contributed by atoms with E-state index >= 15 is 0 Å². The van der Waals surface area contributed by atoms with Gasteiger partial charge in [0.1, 0.15) is 0 Å². The minimum Gasteiger partial charge on any atom is -0.493 e. The maximum atomic E-state index is 13.8. The second kappa shape index (κ2) is 10.1. The first-order chi connectivity index (χ1) is 17.6. The van der Waals surface area contributed by atoms with Gasteiger partial charge in [-0.05, 0) is 42.2 Å². The number of benzene rings is 3. The summed E-state index contributed by atoms with van der Waals surface area (Å²) in [6, 6.07) is 21.1. The summed E-state index contributed by atoms with van der Waals surface area (Å²) >= 11 is 0. The van der Waals surface area contributed by atoms with Crippen LogP contribution >= 0.6 is 0 Å². The van der Waals surface area contributed by atoms with Crippen molar-refractivity contribution in [2.24, 2.45) is 5.92 Å². The lowest BCUT2D eigenvalue weighted by Crippen LogP contribution is -2.32. The van der Waals surface area contributed by atoms with Gasteiger partial charge < -0.3 is 24.8 Å². The van der Waals surface area contributed by atoms with E-state index in [2.05, 4.69) is 20.6 Å². The summed E-state index contributed by atoms with van der Waals surface area (Å²) < 4.78 is 16.5. The quantitative estimate of drug-likeness (QED) is 0.397. The Hall–Kier alpha value is -4.33. The van der Waals surface area contributed by atoms with Crippen molar-refractivity contribution < 1.29 is 19.0 Å². The van der Waals surface area contributed by atoms with Crippen molar-refractivity contribution in [3.05, 3.63) is 77.9 Å². The molecule has 0 aliphatic carbocycles. The van der Waals surface area contributed by atoms with Crippen LogP contribution in [0.2, 0.25) is 0 Å². The molecular formula is C28H28N4O4. The molecular weight excluding hydrogens is 456 g/mol. The summed E-state index contributed by atoms with van der Waals surface area (Å²) in [4.78, 5) is 22.9. The Morgan fingerprint density at radius 3 is 2.25 bits per heavy atom. The second-order valence-electron chi connectivity index (χ2n) is 8.60. The van der Waals surface area contributed by atoms with Crippen molar-refractivity contribution in [3.63, 3.8) is 0 Å². The third kappa shape index (κ3) is 4.49. The van der Waals surface area contributed by atoms with Crippen LogP contribution in [0.3, 0.4) is 0 Å². The lowest BCUT2D eigenvalue weighted by molar-refractivity contribution is -0.120. The number of rotatable bonds is 6. The van der Waals surface area contributed by atoms with Crippen LogP contribution in [0.4, 0.5) is 11.5 Å². The van der Waals surface area contributed by atoms with Crippen LogP contribution < -0.4 is 24.8 Å². The van der Waals surface area contributed by atoms with Crippen molar-refractivity contribution >= 4 is 28.4 Å². The van der Waals surface area contributed by atoms with Gasteiger partial charge in [0.15, 0.2) is 17.3 Å². The van der Waals surface area contributed by atoms with Crippen LogP contribution in [0, 0.1) is 5.92 Å². The van der Waals surface area contributed by atoms with Crippen LogP contribution in [0.15, 0.2) is 66.7 Å². The zero-order valence-corrected chi connectivity index (χ0v) is 20.4. The average Bonchev–Trinajstić information content (AvgIpc) is 3.11. The molecule has 3 aromatic carbocycles. The number of hydrogen-bond donors (Lipinski definition) is 2. The number of amides is 1. The largest absolute Gasteiger partial charge is 0.493 e. The van der Waals surface area contributed by atoms with E-state index < -0.39 is 5.92 Å². The fraction of sp³-hybridized carbons (Fsp3) is 0.250. The minimum atomic E-state index is -0.394. The predicted molar refractivity (Wildman–Crippen MR) is 139 cm³/mol. The Labute approximate surface area is 209 Å². The van der Waals surface area contributed by atoms with Gasteiger partial charge in [-0.3, -0.25) is 4.79 Å². The molecule has 2 N–H and O–H groups in total. The minimum absolute atomic E-state index is 0.161. The molecule has 36 heavy (non-hydrogen) atoms. The van der Waals surface area contributed by atoms with Crippen LogP contribution in [0.5, 0.6) is 17.4 Å². The van der Waals surface area contributed by atoms with Crippen molar-refractivity contribution in [2.75, 3.05) is 32.0 Å². The first-order valence-corrected chi connectivity index (χ1v) is 11.8. The molecule has 1 aliphatic rings. The number of ether oxygens (including phenoxy) is 3. The molecule has 1 amide bonds. The van der Waals surface area contributed by atoms with Gasteiger partial charge in [0.05, 0.1) is 44.3 Å². The number of aryl methyl sites for hydroxylation is 1. The highest BCUT2D eigenvalue weighted by atomic mass is 16.5. The zero-order valence-electron chi connectivity index (χ0n) is 20.4. The molecule has 2 atom stereocenters. The zero-order chi connectivity index (χ0) is 25.1. The van der Waals surface area contributed by atoms with Gasteiger partial charge in [-0.15, -0.1) is 0 Å². The van der Waals surface area contributed by atoms with Crippen LogP contribution in [0.1, 0.15) is 23.6 Å². The molecule has 0 fully saturated rings. The van der Waals surface area contributed by atoms with Gasteiger partial charge >= 0.3 is 0 Å². The molecule has 1 aromatic heterocycles. The third-order valence-corrected chi connectivity index (χ3v) is 6.52. The molecule has 2 heterocycles. The van der Waals surface area contributed by atoms with Crippen molar-refractivity contribution in [1.82, 2.24) is 9.97 Å². The number of anilines is 2. The first-order valence-electron chi connectivity index (χ1n) is 11.8. The number of carbonyl (C=O) groups excluding carboxylic acids is 1. The van der Waals surface area contributed by atoms with E-state index in [0.717, 1.165) is 16.8 Å². The van der Waals surface area contributed by atoms with Gasteiger partial charge in [-0.1, -0.05) is 42.5 Å². The summed E-state index contributed by atoms with van der Waals surface area (Å²) in [7, 11) is 4.76.